The summed E-state index contributed by atoms with van der Waals surface area (Å²) < 4.78 is 5.38. The Morgan fingerprint density at radius 2 is 2.05 bits per heavy atom. The van der Waals surface area contributed by atoms with Crippen LogP contribution in [-0.4, -0.2) is 34.8 Å². The number of aliphatic hydroxyl groups is 1. The second-order valence-electron chi connectivity index (χ2n) is 5.84. The number of hydrogen-bond acceptors (Lipinski definition) is 3. The molecule has 0 unspecified atom stereocenters. The summed E-state index contributed by atoms with van der Waals surface area (Å²) in [6, 6.07) is 9.63. The number of hydrogen-bond donors (Lipinski definition) is 1. The Balaban J connectivity index is 1.59. The van der Waals surface area contributed by atoms with Gasteiger partial charge in [0, 0.05) is 6.54 Å². The fourth-order valence-corrected chi connectivity index (χ4v) is 3.33. The van der Waals surface area contributed by atoms with Gasteiger partial charge in [0.25, 0.3) is 0 Å². The van der Waals surface area contributed by atoms with E-state index in [1.807, 2.05) is 30.3 Å². The molecule has 1 amide bonds. The lowest BCUT2D eigenvalue weighted by Crippen LogP contribution is -2.54. The van der Waals surface area contributed by atoms with Crippen molar-refractivity contribution in [3.63, 3.8) is 0 Å². The van der Waals surface area contributed by atoms with E-state index in [-0.39, 0.29) is 12.1 Å². The zero-order valence-electron chi connectivity index (χ0n) is 11.6. The van der Waals surface area contributed by atoms with Crippen molar-refractivity contribution in [2.75, 3.05) is 6.54 Å². The molecule has 20 heavy (non-hydrogen) atoms. The molecule has 3 atom stereocenters. The molecule has 4 nitrogen and oxygen atoms in total. The van der Waals surface area contributed by atoms with Crippen LogP contribution in [0.2, 0.25) is 0 Å². The zero-order valence-corrected chi connectivity index (χ0v) is 11.6. The predicted octanol–water partition coefficient (Wildman–Crippen LogP) is 2.56. The number of fused-ring (bicyclic) bond motifs is 2. The predicted molar refractivity (Wildman–Crippen MR) is 75.1 cm³/mol. The quantitative estimate of drug-likeness (QED) is 0.902. The number of benzene rings is 1. The Hall–Kier alpha value is -1.55. The highest BCUT2D eigenvalue weighted by Gasteiger charge is 2.40. The summed E-state index contributed by atoms with van der Waals surface area (Å²) in [5.41, 5.74) is 0.986. The third-order valence-electron chi connectivity index (χ3n) is 4.51. The Bertz CT molecular complexity index is 462. The van der Waals surface area contributed by atoms with Gasteiger partial charge in [0.05, 0.1) is 12.1 Å². The lowest BCUT2D eigenvalue weighted by Gasteiger charge is -2.44. The van der Waals surface area contributed by atoms with E-state index in [9.17, 15) is 9.90 Å². The van der Waals surface area contributed by atoms with Crippen LogP contribution in [-0.2, 0) is 11.3 Å². The van der Waals surface area contributed by atoms with Crippen LogP contribution in [0.5, 0.6) is 0 Å². The van der Waals surface area contributed by atoms with E-state index in [1.54, 1.807) is 4.90 Å². The minimum absolute atomic E-state index is 0.0502. The molecule has 1 aliphatic carbocycles. The molecular formula is C16H21NO3. The number of ether oxygens (including phenoxy) is 1. The minimum atomic E-state index is -0.393. The molecule has 108 valence electrons. The molecular weight excluding hydrogens is 254 g/mol. The van der Waals surface area contributed by atoms with Crippen LogP contribution < -0.4 is 0 Å². The second-order valence-corrected chi connectivity index (χ2v) is 5.84. The SMILES string of the molecule is O=C(OCc1ccccc1)N1CC[C@H]2CC[C@H](O)[C@H]1C2. The van der Waals surface area contributed by atoms with Gasteiger partial charge in [-0.05, 0) is 37.2 Å². The lowest BCUT2D eigenvalue weighted by molar-refractivity contribution is -0.0271. The smallest absolute Gasteiger partial charge is 0.410 e. The van der Waals surface area contributed by atoms with Gasteiger partial charge >= 0.3 is 6.09 Å². The van der Waals surface area contributed by atoms with Crippen LogP contribution in [0.3, 0.4) is 0 Å². The van der Waals surface area contributed by atoms with Crippen molar-refractivity contribution >= 4 is 6.09 Å². The summed E-state index contributed by atoms with van der Waals surface area (Å²) in [6.45, 7) is 1.00. The highest BCUT2D eigenvalue weighted by molar-refractivity contribution is 5.68. The summed E-state index contributed by atoms with van der Waals surface area (Å²) >= 11 is 0. The number of carbonyl (C=O) groups is 1. The second kappa shape index (κ2) is 5.83. The average molecular weight is 275 g/mol. The molecule has 0 spiro atoms. The number of likely N-dealkylation sites (tertiary alicyclic amines) is 1. The third-order valence-corrected chi connectivity index (χ3v) is 4.51. The molecule has 4 heteroatoms. The number of amides is 1. The first-order chi connectivity index (χ1) is 9.74. The fraction of sp³-hybridized carbons (Fsp3) is 0.562. The first-order valence-electron chi connectivity index (χ1n) is 7.39. The summed E-state index contributed by atoms with van der Waals surface area (Å²) in [5.74, 6) is 0.668. The van der Waals surface area contributed by atoms with E-state index >= 15 is 0 Å². The van der Waals surface area contributed by atoms with E-state index in [0.717, 1.165) is 31.2 Å². The standard InChI is InChI=1S/C16H21NO3/c18-15-7-6-12-8-9-17(14(15)10-12)16(19)20-11-13-4-2-1-3-5-13/h1-5,12,14-15,18H,6-11H2/t12-,14-,15+/m1/s1. The topological polar surface area (TPSA) is 49.8 Å². The van der Waals surface area contributed by atoms with Gasteiger partial charge in [-0.2, -0.15) is 0 Å². The van der Waals surface area contributed by atoms with Crippen LogP contribution in [0.4, 0.5) is 4.79 Å². The van der Waals surface area contributed by atoms with Crippen LogP contribution in [0, 0.1) is 5.92 Å². The molecule has 1 aromatic carbocycles. The van der Waals surface area contributed by atoms with Crippen molar-refractivity contribution in [3.05, 3.63) is 35.9 Å². The van der Waals surface area contributed by atoms with E-state index < -0.39 is 6.10 Å². The van der Waals surface area contributed by atoms with Crippen LogP contribution in [0.25, 0.3) is 0 Å². The molecule has 3 rings (SSSR count). The van der Waals surface area contributed by atoms with E-state index in [2.05, 4.69) is 0 Å². The molecule has 2 aliphatic rings. The lowest BCUT2D eigenvalue weighted by atomic mass is 9.78. The minimum Gasteiger partial charge on any atom is -0.445 e. The van der Waals surface area contributed by atoms with Gasteiger partial charge in [0.15, 0.2) is 0 Å². The van der Waals surface area contributed by atoms with E-state index in [0.29, 0.717) is 19.1 Å². The average Bonchev–Trinajstić information content (AvgIpc) is 2.50. The van der Waals surface area contributed by atoms with Gasteiger partial charge in [0.2, 0.25) is 0 Å². The Kier molecular flexibility index (Phi) is 3.92. The van der Waals surface area contributed by atoms with Gasteiger partial charge in [-0.15, -0.1) is 0 Å². The van der Waals surface area contributed by atoms with Gasteiger partial charge in [-0.1, -0.05) is 30.3 Å². The molecule has 2 bridgehead atoms. The maximum absolute atomic E-state index is 12.2. The molecule has 2 fully saturated rings. The number of rotatable bonds is 2. The van der Waals surface area contributed by atoms with Crippen molar-refractivity contribution < 1.29 is 14.6 Å². The summed E-state index contributed by atoms with van der Waals surface area (Å²) in [6.07, 6.45) is 3.15. The van der Waals surface area contributed by atoms with E-state index in [1.165, 1.54) is 0 Å². The molecule has 1 aromatic rings. The maximum Gasteiger partial charge on any atom is 0.410 e. The van der Waals surface area contributed by atoms with Crippen molar-refractivity contribution in [1.29, 1.82) is 0 Å². The maximum atomic E-state index is 12.2. The zero-order chi connectivity index (χ0) is 13.9. The number of nitrogens with zero attached hydrogens (tertiary/aromatic N) is 1. The number of carbonyl (C=O) groups excluding carboxylic acids is 1. The molecule has 1 N–H and O–H groups in total. The third kappa shape index (κ3) is 2.80. The molecule has 0 aromatic heterocycles. The summed E-state index contributed by atoms with van der Waals surface area (Å²) in [7, 11) is 0. The van der Waals surface area contributed by atoms with Gasteiger partial charge < -0.3 is 14.7 Å². The Morgan fingerprint density at radius 1 is 1.25 bits per heavy atom. The van der Waals surface area contributed by atoms with Crippen LogP contribution in [0.1, 0.15) is 31.2 Å². The molecule has 0 radical (unpaired) electrons. The van der Waals surface area contributed by atoms with Crippen LogP contribution >= 0.6 is 0 Å². The Labute approximate surface area is 119 Å². The first-order valence-corrected chi connectivity index (χ1v) is 7.39. The first kappa shape index (κ1) is 13.4. The van der Waals surface area contributed by atoms with Crippen molar-refractivity contribution in [3.8, 4) is 0 Å². The number of aliphatic hydroxyl groups excluding tert-OH is 1. The summed E-state index contributed by atoms with van der Waals surface area (Å²) in [4.78, 5) is 13.9. The van der Waals surface area contributed by atoms with Crippen molar-refractivity contribution in [2.45, 2.75) is 44.4 Å². The molecule has 1 saturated heterocycles. The molecule has 1 aliphatic heterocycles. The van der Waals surface area contributed by atoms with Gasteiger partial charge in [0.1, 0.15) is 6.61 Å². The van der Waals surface area contributed by atoms with Gasteiger partial charge in [-0.25, -0.2) is 4.79 Å². The monoisotopic (exact) mass is 275 g/mol. The Morgan fingerprint density at radius 3 is 2.85 bits per heavy atom. The summed E-state index contributed by atoms with van der Waals surface area (Å²) in [5, 5.41) is 10.1. The number of piperidine rings is 1. The van der Waals surface area contributed by atoms with E-state index in [4.69, 9.17) is 4.74 Å². The highest BCUT2D eigenvalue weighted by Crippen LogP contribution is 2.35. The highest BCUT2D eigenvalue weighted by atomic mass is 16.6. The largest absolute Gasteiger partial charge is 0.445 e. The van der Waals surface area contributed by atoms with Crippen molar-refractivity contribution in [2.24, 2.45) is 5.92 Å². The normalized spacial score (nSPS) is 29.1. The molecule has 1 saturated carbocycles. The van der Waals surface area contributed by atoms with Crippen LogP contribution in [0.15, 0.2) is 30.3 Å². The van der Waals surface area contributed by atoms with Gasteiger partial charge in [-0.3, -0.25) is 0 Å². The van der Waals surface area contributed by atoms with Crippen molar-refractivity contribution in [1.82, 2.24) is 4.90 Å². The molecule has 1 heterocycles. The fourth-order valence-electron chi connectivity index (χ4n) is 3.33.